The summed E-state index contributed by atoms with van der Waals surface area (Å²) in [4.78, 5) is 42.3. The van der Waals surface area contributed by atoms with Gasteiger partial charge in [0.05, 0.1) is 47.8 Å². The van der Waals surface area contributed by atoms with Gasteiger partial charge in [0, 0.05) is 10.9 Å². The average molecular weight is 476 g/mol. The van der Waals surface area contributed by atoms with Crippen molar-refractivity contribution >= 4 is 28.9 Å². The highest BCUT2D eigenvalue weighted by molar-refractivity contribution is 6.04. The number of ether oxygens (including phenoxy) is 3. The molecular formula is C26H25N3O6. The van der Waals surface area contributed by atoms with Crippen LogP contribution < -0.4 is 15.4 Å². The third-order valence-electron chi connectivity index (χ3n) is 5.53. The summed E-state index contributed by atoms with van der Waals surface area (Å²) in [6, 6.07) is 15.2. The van der Waals surface area contributed by atoms with E-state index in [1.54, 1.807) is 33.1 Å². The first kappa shape index (κ1) is 23.7. The van der Waals surface area contributed by atoms with Gasteiger partial charge >= 0.3 is 18.0 Å². The van der Waals surface area contributed by atoms with E-state index in [0.717, 1.165) is 5.56 Å². The molecule has 2 aromatic carbocycles. The SMILES string of the molecule is CCOC(=O)C1=C(COC(=O)c2cc(-c3ccc(OC)cc3)nc3ccccc23)NC(=O)N[C@H]1C. The molecule has 1 aliphatic heterocycles. The number of urea groups is 1. The third kappa shape index (κ3) is 5.08. The Morgan fingerprint density at radius 1 is 1.03 bits per heavy atom. The van der Waals surface area contributed by atoms with Crippen molar-refractivity contribution in [3.05, 3.63) is 71.4 Å². The van der Waals surface area contributed by atoms with Crippen LogP contribution in [-0.2, 0) is 14.3 Å². The summed E-state index contributed by atoms with van der Waals surface area (Å²) in [5.74, 6) is -0.498. The quantitative estimate of drug-likeness (QED) is 0.502. The van der Waals surface area contributed by atoms with Gasteiger partial charge in [-0.15, -0.1) is 0 Å². The summed E-state index contributed by atoms with van der Waals surface area (Å²) in [6.45, 7) is 3.21. The number of hydrogen-bond acceptors (Lipinski definition) is 7. The fraction of sp³-hybridized carbons (Fsp3) is 0.231. The summed E-state index contributed by atoms with van der Waals surface area (Å²) in [7, 11) is 1.59. The molecule has 0 bridgehead atoms. The van der Waals surface area contributed by atoms with Gasteiger partial charge in [-0.2, -0.15) is 0 Å². The minimum absolute atomic E-state index is 0.174. The van der Waals surface area contributed by atoms with Crippen LogP contribution in [0.3, 0.4) is 0 Å². The molecule has 0 saturated carbocycles. The number of para-hydroxylation sites is 1. The van der Waals surface area contributed by atoms with Gasteiger partial charge in [0.25, 0.3) is 0 Å². The van der Waals surface area contributed by atoms with Crippen LogP contribution in [0.1, 0.15) is 24.2 Å². The monoisotopic (exact) mass is 475 g/mol. The molecular weight excluding hydrogens is 450 g/mol. The van der Waals surface area contributed by atoms with E-state index < -0.39 is 24.0 Å². The number of benzene rings is 2. The minimum atomic E-state index is -0.616. The van der Waals surface area contributed by atoms with E-state index in [1.807, 2.05) is 42.5 Å². The van der Waals surface area contributed by atoms with Crippen molar-refractivity contribution < 1.29 is 28.6 Å². The van der Waals surface area contributed by atoms with Gasteiger partial charge in [-0.05, 0) is 50.2 Å². The molecule has 9 heteroatoms. The van der Waals surface area contributed by atoms with Gasteiger partial charge in [0.15, 0.2) is 0 Å². The maximum atomic E-state index is 13.2. The van der Waals surface area contributed by atoms with Gasteiger partial charge in [-0.25, -0.2) is 19.4 Å². The number of nitrogens with zero attached hydrogens (tertiary/aromatic N) is 1. The summed E-state index contributed by atoms with van der Waals surface area (Å²) >= 11 is 0. The van der Waals surface area contributed by atoms with Crippen molar-refractivity contribution in [2.45, 2.75) is 19.9 Å². The molecule has 0 aliphatic carbocycles. The molecule has 1 aromatic heterocycles. The Kier molecular flexibility index (Phi) is 6.96. The van der Waals surface area contributed by atoms with Crippen LogP contribution in [0, 0.1) is 0 Å². The topological polar surface area (TPSA) is 116 Å². The first-order valence-electron chi connectivity index (χ1n) is 11.1. The molecule has 0 spiro atoms. The number of esters is 2. The van der Waals surface area contributed by atoms with E-state index >= 15 is 0 Å². The molecule has 180 valence electrons. The van der Waals surface area contributed by atoms with Crippen molar-refractivity contribution in [3.63, 3.8) is 0 Å². The average Bonchev–Trinajstić information content (AvgIpc) is 2.86. The van der Waals surface area contributed by atoms with Crippen LogP contribution in [0.25, 0.3) is 22.2 Å². The molecule has 35 heavy (non-hydrogen) atoms. The number of nitrogens with one attached hydrogen (secondary N) is 2. The standard InChI is InChI=1S/C26H25N3O6/c1-4-34-25(31)23-15(2)27-26(32)29-22(23)14-35-24(30)19-13-21(16-9-11-17(33-3)12-10-16)28-20-8-6-5-7-18(19)20/h5-13,15H,4,14H2,1-3H3,(H2,27,29,32)/t15-/m0/s1. The summed E-state index contributed by atoms with van der Waals surface area (Å²) < 4.78 is 15.9. The molecule has 1 atom stereocenters. The van der Waals surface area contributed by atoms with Crippen LogP contribution in [0.4, 0.5) is 4.79 Å². The Morgan fingerprint density at radius 2 is 1.77 bits per heavy atom. The van der Waals surface area contributed by atoms with Crippen molar-refractivity contribution in [1.29, 1.82) is 0 Å². The second-order valence-electron chi connectivity index (χ2n) is 7.81. The van der Waals surface area contributed by atoms with Gasteiger partial charge in [-0.3, -0.25) is 0 Å². The zero-order valence-electron chi connectivity index (χ0n) is 19.6. The van der Waals surface area contributed by atoms with Crippen LogP contribution in [0.15, 0.2) is 65.9 Å². The zero-order valence-corrected chi connectivity index (χ0v) is 19.6. The first-order valence-corrected chi connectivity index (χ1v) is 11.1. The van der Waals surface area contributed by atoms with Crippen LogP contribution in [0.2, 0.25) is 0 Å². The normalized spacial score (nSPS) is 15.3. The van der Waals surface area contributed by atoms with Gasteiger partial charge in [0.2, 0.25) is 0 Å². The first-order chi connectivity index (χ1) is 16.9. The highest BCUT2D eigenvalue weighted by Crippen LogP contribution is 2.27. The molecule has 1 aliphatic rings. The Hall–Kier alpha value is -4.40. The van der Waals surface area contributed by atoms with Gasteiger partial charge in [0.1, 0.15) is 12.4 Å². The maximum absolute atomic E-state index is 13.2. The van der Waals surface area contributed by atoms with Crippen molar-refractivity contribution in [3.8, 4) is 17.0 Å². The lowest BCUT2D eigenvalue weighted by molar-refractivity contribution is -0.139. The van der Waals surface area contributed by atoms with Crippen LogP contribution in [-0.4, -0.2) is 49.3 Å². The molecule has 2 N–H and O–H groups in total. The van der Waals surface area contributed by atoms with Gasteiger partial charge < -0.3 is 24.8 Å². The number of carbonyl (C=O) groups excluding carboxylic acids is 3. The maximum Gasteiger partial charge on any atom is 0.339 e. The van der Waals surface area contributed by atoms with E-state index in [-0.39, 0.29) is 24.5 Å². The van der Waals surface area contributed by atoms with E-state index in [4.69, 9.17) is 14.2 Å². The molecule has 2 heterocycles. The van der Waals surface area contributed by atoms with E-state index in [9.17, 15) is 14.4 Å². The minimum Gasteiger partial charge on any atom is -0.497 e. The molecule has 0 saturated heterocycles. The number of aromatic nitrogens is 1. The van der Waals surface area contributed by atoms with Crippen molar-refractivity contribution in [2.75, 3.05) is 20.3 Å². The molecule has 9 nitrogen and oxygen atoms in total. The van der Waals surface area contributed by atoms with E-state index in [1.165, 1.54) is 0 Å². The number of pyridine rings is 1. The predicted octanol–water partition coefficient (Wildman–Crippen LogP) is 3.59. The number of hydrogen-bond donors (Lipinski definition) is 2. The molecule has 4 rings (SSSR count). The smallest absolute Gasteiger partial charge is 0.339 e. The molecule has 0 fully saturated rings. The molecule has 0 unspecified atom stereocenters. The Bertz CT molecular complexity index is 1320. The third-order valence-corrected chi connectivity index (χ3v) is 5.53. The van der Waals surface area contributed by atoms with E-state index in [2.05, 4.69) is 15.6 Å². The van der Waals surface area contributed by atoms with Crippen LogP contribution >= 0.6 is 0 Å². The molecule has 2 amide bonds. The van der Waals surface area contributed by atoms with E-state index in [0.29, 0.717) is 27.9 Å². The lowest BCUT2D eigenvalue weighted by Gasteiger charge is -2.26. The number of carbonyl (C=O) groups is 3. The number of amides is 2. The number of methoxy groups -OCH3 is 1. The highest BCUT2D eigenvalue weighted by Gasteiger charge is 2.30. The van der Waals surface area contributed by atoms with Crippen LogP contribution in [0.5, 0.6) is 5.75 Å². The fourth-order valence-electron chi connectivity index (χ4n) is 3.86. The second kappa shape index (κ2) is 10.3. The largest absolute Gasteiger partial charge is 0.497 e. The van der Waals surface area contributed by atoms with Crippen molar-refractivity contribution in [1.82, 2.24) is 15.6 Å². The van der Waals surface area contributed by atoms with Crippen molar-refractivity contribution in [2.24, 2.45) is 0 Å². The Morgan fingerprint density at radius 3 is 2.49 bits per heavy atom. The Labute approximate surface area is 202 Å². The Balaban J connectivity index is 1.67. The summed E-state index contributed by atoms with van der Waals surface area (Å²) in [5, 5.41) is 5.79. The summed E-state index contributed by atoms with van der Waals surface area (Å²) in [6.07, 6.45) is 0. The fourth-order valence-corrected chi connectivity index (χ4v) is 3.86. The number of rotatable bonds is 7. The highest BCUT2D eigenvalue weighted by atomic mass is 16.5. The number of fused-ring (bicyclic) bond motifs is 1. The molecule has 3 aromatic rings. The predicted molar refractivity (Wildman–Crippen MR) is 129 cm³/mol. The van der Waals surface area contributed by atoms with Gasteiger partial charge in [-0.1, -0.05) is 18.2 Å². The summed E-state index contributed by atoms with van der Waals surface area (Å²) in [5.41, 5.74) is 2.72. The lowest BCUT2D eigenvalue weighted by atomic mass is 10.0. The second-order valence-corrected chi connectivity index (χ2v) is 7.81. The zero-order chi connectivity index (χ0) is 24.9. The lowest BCUT2D eigenvalue weighted by Crippen LogP contribution is -2.50. The molecule has 0 radical (unpaired) electrons.